The van der Waals surface area contributed by atoms with Crippen molar-refractivity contribution < 1.29 is 4.92 Å². The van der Waals surface area contributed by atoms with Crippen molar-refractivity contribution in [3.8, 4) is 0 Å². The van der Waals surface area contributed by atoms with E-state index in [0.717, 1.165) is 18.4 Å². The van der Waals surface area contributed by atoms with Gasteiger partial charge in [-0.15, -0.1) is 0 Å². The number of likely N-dealkylation sites (tertiary alicyclic amines) is 1. The van der Waals surface area contributed by atoms with Gasteiger partial charge in [0.05, 0.1) is 4.92 Å². The number of aryl methyl sites for hydroxylation is 1. The summed E-state index contributed by atoms with van der Waals surface area (Å²) < 4.78 is 0. The molecule has 1 heterocycles. The minimum absolute atomic E-state index is 0.197. The van der Waals surface area contributed by atoms with Crippen LogP contribution in [0.5, 0.6) is 0 Å². The summed E-state index contributed by atoms with van der Waals surface area (Å²) in [5.41, 5.74) is 1.27. The number of non-ortho nitro benzene ring substituents is 1. The Balaban J connectivity index is 1.94. The first-order chi connectivity index (χ1) is 8.16. The first kappa shape index (κ1) is 12.0. The van der Waals surface area contributed by atoms with Crippen LogP contribution in [0.4, 0.5) is 5.69 Å². The van der Waals surface area contributed by atoms with Crippen molar-refractivity contribution in [1.82, 2.24) is 4.90 Å². The molecule has 0 radical (unpaired) electrons. The third kappa shape index (κ3) is 3.03. The largest absolute Gasteiger partial charge is 0.303 e. The molecule has 0 amide bonds. The lowest BCUT2D eigenvalue weighted by atomic mass is 10.0. The van der Waals surface area contributed by atoms with Gasteiger partial charge in [0.25, 0.3) is 5.69 Å². The van der Waals surface area contributed by atoms with E-state index in [1.54, 1.807) is 18.2 Å². The van der Waals surface area contributed by atoms with E-state index < -0.39 is 0 Å². The minimum Gasteiger partial charge on any atom is -0.303 e. The molecule has 0 bridgehead atoms. The standard InChI is InChI=1S/C13H18N2O2/c1-14-9-3-6-12(14)8-7-11-4-2-5-13(10-11)15(16)17/h2,4-5,10,12H,3,6-9H2,1H3. The molecule has 1 aromatic carbocycles. The number of rotatable bonds is 4. The van der Waals surface area contributed by atoms with E-state index in [1.807, 2.05) is 6.07 Å². The van der Waals surface area contributed by atoms with Crippen molar-refractivity contribution in [3.63, 3.8) is 0 Å². The topological polar surface area (TPSA) is 46.4 Å². The zero-order chi connectivity index (χ0) is 12.3. The van der Waals surface area contributed by atoms with Gasteiger partial charge in [-0.1, -0.05) is 12.1 Å². The van der Waals surface area contributed by atoms with Crippen LogP contribution in [-0.4, -0.2) is 29.5 Å². The molecule has 92 valence electrons. The number of nitrogens with zero attached hydrogens (tertiary/aromatic N) is 2. The van der Waals surface area contributed by atoms with Crippen LogP contribution in [-0.2, 0) is 6.42 Å². The number of hydrogen-bond acceptors (Lipinski definition) is 3. The molecule has 0 spiro atoms. The summed E-state index contributed by atoms with van der Waals surface area (Å²) in [4.78, 5) is 12.7. The van der Waals surface area contributed by atoms with Crippen LogP contribution in [0, 0.1) is 10.1 Å². The van der Waals surface area contributed by atoms with Gasteiger partial charge in [0.2, 0.25) is 0 Å². The molecule has 0 saturated carbocycles. The van der Waals surface area contributed by atoms with Crippen molar-refractivity contribution in [1.29, 1.82) is 0 Å². The van der Waals surface area contributed by atoms with Gasteiger partial charge < -0.3 is 4.90 Å². The van der Waals surface area contributed by atoms with Gasteiger partial charge in [0, 0.05) is 18.2 Å². The van der Waals surface area contributed by atoms with Crippen molar-refractivity contribution in [2.75, 3.05) is 13.6 Å². The van der Waals surface area contributed by atoms with Gasteiger partial charge >= 0.3 is 0 Å². The minimum atomic E-state index is -0.328. The summed E-state index contributed by atoms with van der Waals surface area (Å²) in [6.45, 7) is 1.18. The van der Waals surface area contributed by atoms with E-state index in [1.165, 1.54) is 19.4 Å². The lowest BCUT2D eigenvalue weighted by molar-refractivity contribution is -0.384. The Morgan fingerprint density at radius 1 is 1.53 bits per heavy atom. The quantitative estimate of drug-likeness (QED) is 0.594. The Labute approximate surface area is 101 Å². The van der Waals surface area contributed by atoms with Gasteiger partial charge in [-0.25, -0.2) is 0 Å². The van der Waals surface area contributed by atoms with Gasteiger partial charge in [0.15, 0.2) is 0 Å². The molecule has 0 aromatic heterocycles. The van der Waals surface area contributed by atoms with Crippen LogP contribution in [0.25, 0.3) is 0 Å². The Kier molecular flexibility index (Phi) is 3.74. The molecule has 1 aliphatic heterocycles. The van der Waals surface area contributed by atoms with Gasteiger partial charge in [-0.3, -0.25) is 10.1 Å². The van der Waals surface area contributed by atoms with Gasteiger partial charge in [-0.05, 0) is 44.8 Å². The summed E-state index contributed by atoms with van der Waals surface area (Å²) in [5.74, 6) is 0. The first-order valence-electron chi connectivity index (χ1n) is 6.10. The molecule has 1 aliphatic rings. The molecular formula is C13H18N2O2. The average molecular weight is 234 g/mol. The van der Waals surface area contributed by atoms with Crippen molar-refractivity contribution in [3.05, 3.63) is 39.9 Å². The third-order valence-corrected chi connectivity index (χ3v) is 3.56. The van der Waals surface area contributed by atoms with Crippen molar-refractivity contribution >= 4 is 5.69 Å². The molecule has 2 rings (SSSR count). The zero-order valence-electron chi connectivity index (χ0n) is 10.1. The van der Waals surface area contributed by atoms with Crippen LogP contribution in [0.1, 0.15) is 24.8 Å². The molecule has 1 saturated heterocycles. The Bertz CT molecular complexity index is 406. The second-order valence-corrected chi connectivity index (χ2v) is 4.74. The van der Waals surface area contributed by atoms with Crippen LogP contribution in [0.15, 0.2) is 24.3 Å². The first-order valence-corrected chi connectivity index (χ1v) is 6.10. The van der Waals surface area contributed by atoms with E-state index in [4.69, 9.17) is 0 Å². The molecule has 1 aromatic rings. The van der Waals surface area contributed by atoms with Crippen molar-refractivity contribution in [2.45, 2.75) is 31.7 Å². The SMILES string of the molecule is CN1CCCC1CCc1cccc([N+](=O)[O-])c1. The second kappa shape index (κ2) is 5.27. The summed E-state index contributed by atoms with van der Waals surface area (Å²) in [7, 11) is 2.16. The number of benzene rings is 1. The summed E-state index contributed by atoms with van der Waals surface area (Å²) in [6.07, 6.45) is 4.55. The highest BCUT2D eigenvalue weighted by molar-refractivity contribution is 5.34. The smallest absolute Gasteiger partial charge is 0.269 e. The predicted molar refractivity (Wildman–Crippen MR) is 67.1 cm³/mol. The monoisotopic (exact) mass is 234 g/mol. The lowest BCUT2D eigenvalue weighted by Crippen LogP contribution is -2.25. The number of nitro groups is 1. The molecular weight excluding hydrogens is 216 g/mol. The van der Waals surface area contributed by atoms with E-state index in [9.17, 15) is 10.1 Å². The number of hydrogen-bond donors (Lipinski definition) is 0. The molecule has 0 N–H and O–H groups in total. The fourth-order valence-electron chi connectivity index (χ4n) is 2.50. The second-order valence-electron chi connectivity index (χ2n) is 4.74. The van der Waals surface area contributed by atoms with E-state index in [-0.39, 0.29) is 10.6 Å². The van der Waals surface area contributed by atoms with Crippen LogP contribution in [0.2, 0.25) is 0 Å². The van der Waals surface area contributed by atoms with E-state index >= 15 is 0 Å². The highest BCUT2D eigenvalue weighted by Gasteiger charge is 2.20. The Hall–Kier alpha value is -1.42. The molecule has 1 unspecified atom stereocenters. The normalized spacial score (nSPS) is 20.6. The molecule has 4 nitrogen and oxygen atoms in total. The maximum atomic E-state index is 10.7. The number of nitro benzene ring substituents is 1. The van der Waals surface area contributed by atoms with Gasteiger partial charge in [-0.2, -0.15) is 0 Å². The van der Waals surface area contributed by atoms with Crippen LogP contribution >= 0.6 is 0 Å². The van der Waals surface area contributed by atoms with E-state index in [2.05, 4.69) is 11.9 Å². The summed E-state index contributed by atoms with van der Waals surface area (Å²) >= 11 is 0. The summed E-state index contributed by atoms with van der Waals surface area (Å²) in [5, 5.41) is 10.7. The van der Waals surface area contributed by atoms with Crippen LogP contribution < -0.4 is 0 Å². The highest BCUT2D eigenvalue weighted by Crippen LogP contribution is 2.21. The van der Waals surface area contributed by atoms with Crippen LogP contribution in [0.3, 0.4) is 0 Å². The Morgan fingerprint density at radius 2 is 2.35 bits per heavy atom. The maximum Gasteiger partial charge on any atom is 0.269 e. The lowest BCUT2D eigenvalue weighted by Gasteiger charge is -2.18. The predicted octanol–water partition coefficient (Wildman–Crippen LogP) is 2.62. The van der Waals surface area contributed by atoms with E-state index in [0.29, 0.717) is 6.04 Å². The Morgan fingerprint density at radius 3 is 3.00 bits per heavy atom. The summed E-state index contributed by atoms with van der Waals surface area (Å²) in [6, 6.07) is 7.63. The van der Waals surface area contributed by atoms with Gasteiger partial charge in [0.1, 0.15) is 0 Å². The molecule has 1 atom stereocenters. The fourth-order valence-corrected chi connectivity index (χ4v) is 2.50. The van der Waals surface area contributed by atoms with Crippen molar-refractivity contribution in [2.24, 2.45) is 0 Å². The molecule has 17 heavy (non-hydrogen) atoms. The molecule has 0 aliphatic carbocycles. The fraction of sp³-hybridized carbons (Fsp3) is 0.538. The molecule has 4 heteroatoms. The maximum absolute atomic E-state index is 10.7. The average Bonchev–Trinajstić information content (AvgIpc) is 2.72. The molecule has 1 fully saturated rings. The third-order valence-electron chi connectivity index (χ3n) is 3.56. The highest BCUT2D eigenvalue weighted by atomic mass is 16.6. The zero-order valence-corrected chi connectivity index (χ0v) is 10.1.